The van der Waals surface area contributed by atoms with Gasteiger partial charge in [0.15, 0.2) is 0 Å². The molecule has 0 atom stereocenters. The first-order chi connectivity index (χ1) is 24.7. The first-order valence-corrected chi connectivity index (χ1v) is 16.3. The van der Waals surface area contributed by atoms with Crippen LogP contribution in [0.4, 0.5) is 0 Å². The zero-order chi connectivity index (χ0) is 33.8. The van der Waals surface area contributed by atoms with Gasteiger partial charge in [0.1, 0.15) is 12.1 Å². The van der Waals surface area contributed by atoms with Crippen LogP contribution >= 0.6 is 0 Å². The Kier molecular flexibility index (Phi) is 6.56. The van der Waals surface area contributed by atoms with Crippen LogP contribution in [0.1, 0.15) is 16.7 Å². The lowest BCUT2D eigenvalue weighted by Crippen LogP contribution is -1.99. The molecule has 7 aromatic carbocycles. The lowest BCUT2D eigenvalue weighted by atomic mass is 9.97. The van der Waals surface area contributed by atoms with Gasteiger partial charge in [-0.05, 0) is 71.3 Å². The Hall–Kier alpha value is -7.39. The second-order valence-electron chi connectivity index (χ2n) is 12.3. The number of nitriles is 3. The minimum absolute atomic E-state index is 0.569. The van der Waals surface area contributed by atoms with E-state index < -0.39 is 0 Å². The SMILES string of the molecule is N#Cc1ccc2c(c1)c1cccc(C#N)c1n2-c1ccccc1-c1ccc(-c2ccc(-n3c4ccccc4c4ccccc43)c(C#N)c2)cc1. The summed E-state index contributed by atoms with van der Waals surface area (Å²) in [6.45, 7) is 0. The molecule has 0 radical (unpaired) electrons. The Bertz CT molecular complexity index is 2900. The largest absolute Gasteiger partial charge is 0.308 e. The quantitative estimate of drug-likeness (QED) is 0.193. The number of aromatic nitrogens is 2. The van der Waals surface area contributed by atoms with E-state index in [-0.39, 0.29) is 0 Å². The molecule has 0 saturated carbocycles. The number of para-hydroxylation sites is 4. The smallest absolute Gasteiger partial charge is 0.101 e. The molecule has 230 valence electrons. The second kappa shape index (κ2) is 11.4. The third-order valence-electron chi connectivity index (χ3n) is 9.65. The number of hydrogen-bond donors (Lipinski definition) is 0. The van der Waals surface area contributed by atoms with Crippen LogP contribution in [0.5, 0.6) is 0 Å². The van der Waals surface area contributed by atoms with Gasteiger partial charge in [-0.15, -0.1) is 0 Å². The average Bonchev–Trinajstić information content (AvgIpc) is 3.70. The number of rotatable bonds is 4. The molecule has 0 spiro atoms. The standard InChI is InChI=1S/C45H25N5/c46-26-29-16-22-44-39(24-29)38-12-7-8-33(27-47)45(38)50(44)41-13-4-1-9-35(41)31-19-17-30(18-20-31)32-21-23-40(34(25-32)28-48)49-42-14-5-2-10-36(42)37-11-3-6-15-43(37)49/h1-25H. The van der Waals surface area contributed by atoms with Crippen molar-refractivity contribution in [2.45, 2.75) is 0 Å². The van der Waals surface area contributed by atoms with Gasteiger partial charge >= 0.3 is 0 Å². The second-order valence-corrected chi connectivity index (χ2v) is 12.3. The summed E-state index contributed by atoms with van der Waals surface area (Å²) in [5.41, 5.74) is 11.4. The topological polar surface area (TPSA) is 81.2 Å². The van der Waals surface area contributed by atoms with Crippen molar-refractivity contribution in [2.75, 3.05) is 0 Å². The minimum atomic E-state index is 0.569. The van der Waals surface area contributed by atoms with Crippen molar-refractivity contribution in [1.29, 1.82) is 15.8 Å². The molecule has 5 heteroatoms. The molecule has 5 nitrogen and oxygen atoms in total. The van der Waals surface area contributed by atoms with Gasteiger partial charge in [-0.3, -0.25) is 0 Å². The van der Waals surface area contributed by atoms with Crippen LogP contribution < -0.4 is 0 Å². The molecule has 0 aliphatic rings. The zero-order valence-electron chi connectivity index (χ0n) is 26.7. The van der Waals surface area contributed by atoms with Crippen molar-refractivity contribution in [2.24, 2.45) is 0 Å². The van der Waals surface area contributed by atoms with Crippen LogP contribution in [-0.2, 0) is 0 Å². The van der Waals surface area contributed by atoms with Gasteiger partial charge in [0.25, 0.3) is 0 Å². The Morgan fingerprint density at radius 3 is 1.72 bits per heavy atom. The summed E-state index contributed by atoms with van der Waals surface area (Å²) >= 11 is 0. The van der Waals surface area contributed by atoms with Gasteiger partial charge in [-0.2, -0.15) is 15.8 Å². The van der Waals surface area contributed by atoms with Gasteiger partial charge in [0.05, 0.1) is 56.2 Å². The van der Waals surface area contributed by atoms with E-state index in [4.69, 9.17) is 0 Å². The molecule has 0 amide bonds. The number of nitrogens with zero attached hydrogens (tertiary/aromatic N) is 5. The highest BCUT2D eigenvalue weighted by Gasteiger charge is 2.19. The lowest BCUT2D eigenvalue weighted by Gasteiger charge is -2.15. The highest BCUT2D eigenvalue weighted by Crippen LogP contribution is 2.39. The predicted octanol–water partition coefficient (Wildman–Crippen LogP) is 10.8. The number of fused-ring (bicyclic) bond motifs is 6. The molecule has 0 aliphatic heterocycles. The summed E-state index contributed by atoms with van der Waals surface area (Å²) in [4.78, 5) is 0. The number of benzene rings is 7. The highest BCUT2D eigenvalue weighted by molar-refractivity contribution is 6.12. The van der Waals surface area contributed by atoms with Crippen LogP contribution in [0.2, 0.25) is 0 Å². The Morgan fingerprint density at radius 1 is 0.380 bits per heavy atom. The summed E-state index contributed by atoms with van der Waals surface area (Å²) in [5, 5.41) is 34.3. The van der Waals surface area contributed by atoms with Crippen LogP contribution in [0, 0.1) is 34.0 Å². The van der Waals surface area contributed by atoms with E-state index in [9.17, 15) is 15.8 Å². The molecule has 9 rings (SSSR count). The molecule has 0 fully saturated rings. The Morgan fingerprint density at radius 2 is 1.00 bits per heavy atom. The van der Waals surface area contributed by atoms with Crippen molar-refractivity contribution < 1.29 is 0 Å². The van der Waals surface area contributed by atoms with Gasteiger partial charge < -0.3 is 9.13 Å². The summed E-state index contributed by atoms with van der Waals surface area (Å²) in [6, 6.07) is 57.8. The first-order valence-electron chi connectivity index (χ1n) is 16.3. The highest BCUT2D eigenvalue weighted by atomic mass is 15.0. The van der Waals surface area contributed by atoms with E-state index in [1.165, 1.54) is 0 Å². The van der Waals surface area contributed by atoms with Gasteiger partial charge in [-0.25, -0.2) is 0 Å². The third kappa shape index (κ3) is 4.31. The molecule has 9 aromatic rings. The predicted molar refractivity (Wildman–Crippen MR) is 200 cm³/mol. The van der Waals surface area contributed by atoms with E-state index in [0.717, 1.165) is 77.2 Å². The van der Waals surface area contributed by atoms with Crippen molar-refractivity contribution >= 4 is 43.6 Å². The van der Waals surface area contributed by atoms with Gasteiger partial charge in [0.2, 0.25) is 0 Å². The molecular weight excluding hydrogens is 611 g/mol. The van der Waals surface area contributed by atoms with Crippen molar-refractivity contribution in [3.8, 4) is 51.8 Å². The average molecular weight is 636 g/mol. The molecule has 50 heavy (non-hydrogen) atoms. The van der Waals surface area contributed by atoms with E-state index in [1.807, 2.05) is 84.9 Å². The van der Waals surface area contributed by atoms with Crippen LogP contribution in [0.15, 0.2) is 152 Å². The molecule has 0 bridgehead atoms. The maximum absolute atomic E-state index is 10.4. The van der Waals surface area contributed by atoms with E-state index in [2.05, 4.69) is 94.1 Å². The Balaban J connectivity index is 1.15. The van der Waals surface area contributed by atoms with E-state index in [1.54, 1.807) is 0 Å². The maximum atomic E-state index is 10.4. The lowest BCUT2D eigenvalue weighted by molar-refractivity contribution is 1.17. The van der Waals surface area contributed by atoms with Crippen LogP contribution in [0.3, 0.4) is 0 Å². The van der Waals surface area contributed by atoms with Gasteiger partial charge in [-0.1, -0.05) is 97.1 Å². The molecule has 2 heterocycles. The van der Waals surface area contributed by atoms with Crippen molar-refractivity contribution in [3.05, 3.63) is 168 Å². The summed E-state index contributed by atoms with van der Waals surface area (Å²) in [5.74, 6) is 0. The van der Waals surface area contributed by atoms with Crippen LogP contribution in [-0.4, -0.2) is 9.13 Å². The van der Waals surface area contributed by atoms with E-state index >= 15 is 0 Å². The van der Waals surface area contributed by atoms with Crippen molar-refractivity contribution in [1.82, 2.24) is 9.13 Å². The molecule has 2 aromatic heterocycles. The fraction of sp³-hybridized carbons (Fsp3) is 0. The summed E-state index contributed by atoms with van der Waals surface area (Å²) in [7, 11) is 0. The summed E-state index contributed by atoms with van der Waals surface area (Å²) < 4.78 is 4.32. The minimum Gasteiger partial charge on any atom is -0.308 e. The van der Waals surface area contributed by atoms with E-state index in [0.29, 0.717) is 16.7 Å². The molecule has 0 unspecified atom stereocenters. The fourth-order valence-corrected chi connectivity index (χ4v) is 7.42. The normalized spacial score (nSPS) is 11.1. The monoisotopic (exact) mass is 635 g/mol. The fourth-order valence-electron chi connectivity index (χ4n) is 7.42. The summed E-state index contributed by atoms with van der Waals surface area (Å²) in [6.07, 6.45) is 0. The Labute approximate surface area is 287 Å². The van der Waals surface area contributed by atoms with Crippen molar-refractivity contribution in [3.63, 3.8) is 0 Å². The third-order valence-corrected chi connectivity index (χ3v) is 9.65. The molecule has 0 N–H and O–H groups in total. The van der Waals surface area contributed by atoms with Gasteiger partial charge in [0, 0.05) is 27.1 Å². The maximum Gasteiger partial charge on any atom is 0.101 e. The first kappa shape index (κ1) is 28.8. The van der Waals surface area contributed by atoms with Crippen LogP contribution in [0.25, 0.3) is 77.2 Å². The molecular formula is C45H25N5. The molecule has 0 aliphatic carbocycles. The zero-order valence-corrected chi connectivity index (χ0v) is 26.7. The number of hydrogen-bond acceptors (Lipinski definition) is 3. The molecule has 0 saturated heterocycles.